The van der Waals surface area contributed by atoms with Crippen molar-refractivity contribution in [3.05, 3.63) is 18.7 Å². The second-order valence-corrected chi connectivity index (χ2v) is 4.08. The van der Waals surface area contributed by atoms with Gasteiger partial charge in [-0.15, -0.1) is 0 Å². The van der Waals surface area contributed by atoms with Gasteiger partial charge in [0.1, 0.15) is 11.9 Å². The van der Waals surface area contributed by atoms with Crippen molar-refractivity contribution in [2.45, 2.75) is 52.1 Å². The highest BCUT2D eigenvalue weighted by molar-refractivity contribution is 5.11. The smallest absolute Gasteiger partial charge is 0.156 e. The zero-order valence-corrected chi connectivity index (χ0v) is 9.86. The van der Waals surface area contributed by atoms with E-state index in [2.05, 4.69) is 30.7 Å². The monoisotopic (exact) mass is 208 g/mol. The number of ether oxygens (including phenoxy) is 1. The Morgan fingerprint density at radius 3 is 2.47 bits per heavy atom. The molecule has 0 saturated heterocycles. The molecular weight excluding hydrogens is 188 g/mol. The summed E-state index contributed by atoms with van der Waals surface area (Å²) in [5, 5.41) is 0. The summed E-state index contributed by atoms with van der Waals surface area (Å²) in [6.45, 7) is 6.50. The molecule has 1 aromatic rings. The normalized spacial score (nSPS) is 14.6. The first-order valence-corrected chi connectivity index (χ1v) is 5.64. The summed E-state index contributed by atoms with van der Waals surface area (Å²) < 4.78 is 5.93. The van der Waals surface area contributed by atoms with E-state index in [9.17, 15) is 0 Å². The fourth-order valence-electron chi connectivity index (χ4n) is 1.47. The van der Waals surface area contributed by atoms with Crippen LogP contribution in [0.3, 0.4) is 0 Å². The zero-order chi connectivity index (χ0) is 11.1. The Balaban J connectivity index is 2.59. The van der Waals surface area contributed by atoms with Crippen molar-refractivity contribution < 1.29 is 4.74 Å². The maximum absolute atomic E-state index is 5.93. The molecule has 1 rings (SSSR count). The first kappa shape index (κ1) is 12.0. The molecule has 0 aliphatic heterocycles. The summed E-state index contributed by atoms with van der Waals surface area (Å²) in [5.74, 6) is 0.762. The van der Waals surface area contributed by atoms with Crippen LogP contribution in [-0.4, -0.2) is 15.6 Å². The van der Waals surface area contributed by atoms with E-state index in [0.29, 0.717) is 0 Å². The van der Waals surface area contributed by atoms with Crippen molar-refractivity contribution in [3.8, 4) is 5.75 Å². The van der Waals surface area contributed by atoms with E-state index in [-0.39, 0.29) is 5.60 Å². The minimum atomic E-state index is -0.0826. The lowest BCUT2D eigenvalue weighted by atomic mass is 9.96. The van der Waals surface area contributed by atoms with E-state index in [1.807, 2.05) is 0 Å². The van der Waals surface area contributed by atoms with Gasteiger partial charge in [0, 0.05) is 0 Å². The van der Waals surface area contributed by atoms with Crippen LogP contribution in [0.25, 0.3) is 0 Å². The molecule has 0 aliphatic rings. The van der Waals surface area contributed by atoms with Gasteiger partial charge in [-0.1, -0.05) is 20.3 Å². The molecule has 0 bridgehead atoms. The van der Waals surface area contributed by atoms with Gasteiger partial charge in [-0.3, -0.25) is 0 Å². The third-order valence-electron chi connectivity index (χ3n) is 2.71. The van der Waals surface area contributed by atoms with E-state index in [0.717, 1.165) is 18.6 Å². The molecule has 0 fully saturated rings. The zero-order valence-electron chi connectivity index (χ0n) is 9.86. The van der Waals surface area contributed by atoms with Crippen LogP contribution in [0.5, 0.6) is 5.75 Å². The third-order valence-corrected chi connectivity index (χ3v) is 2.71. The summed E-state index contributed by atoms with van der Waals surface area (Å²) in [7, 11) is 0. The van der Waals surface area contributed by atoms with Gasteiger partial charge in [0.15, 0.2) is 5.75 Å². The first-order chi connectivity index (χ1) is 7.20. The fourth-order valence-corrected chi connectivity index (χ4v) is 1.47. The number of rotatable bonds is 6. The van der Waals surface area contributed by atoms with Crippen molar-refractivity contribution in [1.82, 2.24) is 9.97 Å². The standard InChI is InChI=1S/C12H20N2O/c1-4-6-7-12(3,5-2)15-11-8-13-10-14-9-11/h8-10H,4-7H2,1-3H3. The molecule has 1 heterocycles. The second kappa shape index (κ2) is 5.69. The lowest BCUT2D eigenvalue weighted by Gasteiger charge is -2.29. The van der Waals surface area contributed by atoms with Gasteiger partial charge < -0.3 is 4.74 Å². The molecule has 0 spiro atoms. The number of aromatic nitrogens is 2. The summed E-state index contributed by atoms with van der Waals surface area (Å²) in [6.07, 6.45) is 9.42. The molecule has 1 aromatic heterocycles. The fraction of sp³-hybridized carbons (Fsp3) is 0.667. The molecule has 1 atom stereocenters. The third kappa shape index (κ3) is 3.86. The van der Waals surface area contributed by atoms with Crippen LogP contribution < -0.4 is 4.74 Å². The molecule has 0 aliphatic carbocycles. The van der Waals surface area contributed by atoms with Crippen LogP contribution in [0.1, 0.15) is 46.5 Å². The summed E-state index contributed by atoms with van der Waals surface area (Å²) >= 11 is 0. The maximum atomic E-state index is 5.93. The van der Waals surface area contributed by atoms with Crippen LogP contribution >= 0.6 is 0 Å². The van der Waals surface area contributed by atoms with Gasteiger partial charge in [-0.05, 0) is 26.2 Å². The summed E-state index contributed by atoms with van der Waals surface area (Å²) in [6, 6.07) is 0. The van der Waals surface area contributed by atoms with Crippen LogP contribution in [0.2, 0.25) is 0 Å². The number of unbranched alkanes of at least 4 members (excludes halogenated alkanes) is 1. The van der Waals surface area contributed by atoms with Crippen molar-refractivity contribution in [2.24, 2.45) is 0 Å². The van der Waals surface area contributed by atoms with Gasteiger partial charge in [0.2, 0.25) is 0 Å². The molecule has 15 heavy (non-hydrogen) atoms. The Morgan fingerprint density at radius 1 is 1.27 bits per heavy atom. The lowest BCUT2D eigenvalue weighted by Crippen LogP contribution is -2.31. The minimum absolute atomic E-state index is 0.0826. The van der Waals surface area contributed by atoms with Crippen LogP contribution in [0.4, 0.5) is 0 Å². The predicted molar refractivity (Wildman–Crippen MR) is 60.9 cm³/mol. The molecular formula is C12H20N2O. The maximum Gasteiger partial charge on any atom is 0.156 e. The second-order valence-electron chi connectivity index (χ2n) is 4.08. The molecule has 0 radical (unpaired) electrons. The van der Waals surface area contributed by atoms with E-state index in [1.165, 1.54) is 19.2 Å². The first-order valence-electron chi connectivity index (χ1n) is 5.64. The largest absolute Gasteiger partial charge is 0.484 e. The highest BCUT2D eigenvalue weighted by Crippen LogP contribution is 2.24. The number of hydrogen-bond acceptors (Lipinski definition) is 3. The lowest BCUT2D eigenvalue weighted by molar-refractivity contribution is 0.0715. The molecule has 0 N–H and O–H groups in total. The van der Waals surface area contributed by atoms with E-state index in [4.69, 9.17) is 4.74 Å². The molecule has 0 saturated carbocycles. The van der Waals surface area contributed by atoms with Gasteiger partial charge in [0.25, 0.3) is 0 Å². The molecule has 3 heteroatoms. The van der Waals surface area contributed by atoms with Crippen molar-refractivity contribution in [3.63, 3.8) is 0 Å². The molecule has 0 aromatic carbocycles. The Hall–Kier alpha value is -1.12. The topological polar surface area (TPSA) is 35.0 Å². The molecule has 0 amide bonds. The predicted octanol–water partition coefficient (Wildman–Crippen LogP) is 3.21. The van der Waals surface area contributed by atoms with Crippen molar-refractivity contribution in [1.29, 1.82) is 0 Å². The Bertz CT molecular complexity index is 276. The molecule has 1 unspecified atom stereocenters. The van der Waals surface area contributed by atoms with Crippen LogP contribution in [0.15, 0.2) is 18.7 Å². The summed E-state index contributed by atoms with van der Waals surface area (Å²) in [4.78, 5) is 7.89. The quantitative estimate of drug-likeness (QED) is 0.720. The Kier molecular flexibility index (Phi) is 4.53. The van der Waals surface area contributed by atoms with Crippen molar-refractivity contribution >= 4 is 0 Å². The minimum Gasteiger partial charge on any atom is -0.484 e. The van der Waals surface area contributed by atoms with Gasteiger partial charge in [0.05, 0.1) is 12.4 Å². The van der Waals surface area contributed by atoms with E-state index in [1.54, 1.807) is 12.4 Å². The van der Waals surface area contributed by atoms with Gasteiger partial charge >= 0.3 is 0 Å². The SMILES string of the molecule is CCCCC(C)(CC)Oc1cncnc1. The highest BCUT2D eigenvalue weighted by atomic mass is 16.5. The Morgan fingerprint density at radius 2 is 1.93 bits per heavy atom. The molecule has 3 nitrogen and oxygen atoms in total. The average Bonchev–Trinajstić information content (AvgIpc) is 2.28. The van der Waals surface area contributed by atoms with Crippen LogP contribution in [0, 0.1) is 0 Å². The van der Waals surface area contributed by atoms with Gasteiger partial charge in [-0.25, -0.2) is 9.97 Å². The Labute approximate surface area is 91.9 Å². The average molecular weight is 208 g/mol. The van der Waals surface area contributed by atoms with Gasteiger partial charge in [-0.2, -0.15) is 0 Å². The number of hydrogen-bond donors (Lipinski definition) is 0. The van der Waals surface area contributed by atoms with E-state index >= 15 is 0 Å². The summed E-state index contributed by atoms with van der Waals surface area (Å²) in [5.41, 5.74) is -0.0826. The number of nitrogens with zero attached hydrogens (tertiary/aromatic N) is 2. The van der Waals surface area contributed by atoms with E-state index < -0.39 is 0 Å². The molecule has 84 valence electrons. The highest BCUT2D eigenvalue weighted by Gasteiger charge is 2.23. The van der Waals surface area contributed by atoms with Crippen LogP contribution in [-0.2, 0) is 0 Å². The van der Waals surface area contributed by atoms with Crippen molar-refractivity contribution in [2.75, 3.05) is 0 Å².